The van der Waals surface area contributed by atoms with Crippen LogP contribution in [0, 0.1) is 0 Å². The number of aromatic nitrogens is 4. The maximum Gasteiger partial charge on any atom is 0.345 e. The zero-order valence-electron chi connectivity index (χ0n) is 19.5. The van der Waals surface area contributed by atoms with Gasteiger partial charge in [-0.1, -0.05) is 83.9 Å². The normalized spacial score (nSPS) is 12.1. The first-order chi connectivity index (χ1) is 18.1. The molecule has 0 aliphatic rings. The third-order valence-corrected chi connectivity index (χ3v) is 6.82. The molecule has 0 fully saturated rings. The van der Waals surface area contributed by atoms with E-state index in [2.05, 4.69) is 25.6 Å². The van der Waals surface area contributed by atoms with Gasteiger partial charge in [0.25, 0.3) is 0 Å². The number of hydrogen-bond donors (Lipinski definition) is 1. The molecule has 0 saturated heterocycles. The minimum atomic E-state index is -0.412. The van der Waals surface area contributed by atoms with E-state index < -0.39 is 5.69 Å². The van der Waals surface area contributed by atoms with Crippen molar-refractivity contribution in [1.82, 2.24) is 19.5 Å². The number of aromatic amines is 1. The second kappa shape index (κ2) is 9.69. The van der Waals surface area contributed by atoms with Crippen molar-refractivity contribution in [2.24, 2.45) is 0 Å². The molecule has 0 spiro atoms. The minimum absolute atomic E-state index is 0.210. The fourth-order valence-corrected chi connectivity index (χ4v) is 5.00. The molecule has 0 saturated carbocycles. The van der Waals surface area contributed by atoms with Gasteiger partial charge in [0, 0.05) is 39.0 Å². The predicted molar refractivity (Wildman–Crippen MR) is 149 cm³/mol. The van der Waals surface area contributed by atoms with Crippen LogP contribution in [0.25, 0.3) is 33.5 Å². The monoisotopic (exact) mass is 522 g/mol. The van der Waals surface area contributed by atoms with Crippen LogP contribution in [0.2, 0.25) is 10.0 Å². The lowest BCUT2D eigenvalue weighted by Crippen LogP contribution is -2.14. The number of halogens is 2. The summed E-state index contributed by atoms with van der Waals surface area (Å²) in [5.74, 6) is 0.843. The number of nitrogens with zero attached hydrogens (tertiary/aromatic N) is 3. The number of nitrogens with one attached hydrogen (secondary N) is 1. The van der Waals surface area contributed by atoms with Crippen LogP contribution in [0.15, 0.2) is 114 Å². The lowest BCUT2D eigenvalue weighted by atomic mass is 9.95. The van der Waals surface area contributed by atoms with Crippen LogP contribution in [-0.2, 0) is 0 Å². The minimum Gasteiger partial charge on any atom is -0.319 e. The average Bonchev–Trinajstić information content (AvgIpc) is 3.39. The Labute approximate surface area is 223 Å². The zero-order valence-corrected chi connectivity index (χ0v) is 21.0. The first-order valence-corrected chi connectivity index (χ1v) is 12.5. The van der Waals surface area contributed by atoms with Crippen LogP contribution in [-0.4, -0.2) is 19.5 Å². The van der Waals surface area contributed by atoms with Gasteiger partial charge in [-0.25, -0.2) is 9.78 Å². The van der Waals surface area contributed by atoms with E-state index in [4.69, 9.17) is 23.2 Å². The van der Waals surface area contributed by atoms with Crippen molar-refractivity contribution in [2.45, 2.75) is 6.04 Å². The van der Waals surface area contributed by atoms with Crippen LogP contribution >= 0.6 is 23.2 Å². The summed E-state index contributed by atoms with van der Waals surface area (Å²) in [5, 5.41) is 2.06. The molecule has 180 valence electrons. The van der Waals surface area contributed by atoms with Crippen molar-refractivity contribution in [3.05, 3.63) is 141 Å². The lowest BCUT2D eigenvalue weighted by Gasteiger charge is -2.23. The molecule has 5 nitrogen and oxygen atoms in total. The summed E-state index contributed by atoms with van der Waals surface area (Å²) in [6.07, 6.45) is 3.79. The van der Waals surface area contributed by atoms with Gasteiger partial charge in [-0.3, -0.25) is 0 Å². The Morgan fingerprint density at radius 2 is 1.51 bits per heavy atom. The summed E-state index contributed by atoms with van der Waals surface area (Å²) in [6, 6.07) is 31.1. The average molecular weight is 523 g/mol. The fraction of sp³-hybridized carbons (Fsp3) is 0.0333. The molecule has 1 N–H and O–H groups in total. The maximum atomic E-state index is 12.4. The highest BCUT2D eigenvalue weighted by atomic mass is 35.5. The van der Waals surface area contributed by atoms with Crippen LogP contribution in [0.5, 0.6) is 0 Å². The van der Waals surface area contributed by atoms with E-state index in [-0.39, 0.29) is 6.04 Å². The Hall–Kier alpha value is -4.19. The zero-order chi connectivity index (χ0) is 25.4. The molecule has 1 atom stereocenters. The molecular weight excluding hydrogens is 503 g/mol. The molecule has 1 unspecified atom stereocenters. The van der Waals surface area contributed by atoms with Gasteiger partial charge in [0.15, 0.2) is 0 Å². The molecular formula is C30H20Cl2N4O. The first-order valence-electron chi connectivity index (χ1n) is 11.7. The largest absolute Gasteiger partial charge is 0.345 e. The molecule has 6 aromatic rings. The van der Waals surface area contributed by atoms with Gasteiger partial charge in [0.05, 0.1) is 17.3 Å². The smallest absolute Gasteiger partial charge is 0.319 e. The van der Waals surface area contributed by atoms with E-state index in [1.54, 1.807) is 6.07 Å². The summed E-state index contributed by atoms with van der Waals surface area (Å²) < 4.78 is 2.15. The fourth-order valence-electron chi connectivity index (χ4n) is 4.69. The summed E-state index contributed by atoms with van der Waals surface area (Å²) >= 11 is 12.5. The van der Waals surface area contributed by atoms with Gasteiger partial charge in [-0.2, -0.15) is 4.98 Å². The van der Waals surface area contributed by atoms with E-state index in [1.165, 1.54) is 0 Å². The highest BCUT2D eigenvalue weighted by molar-refractivity contribution is 6.31. The van der Waals surface area contributed by atoms with E-state index in [0.29, 0.717) is 21.3 Å². The van der Waals surface area contributed by atoms with E-state index in [0.717, 1.165) is 33.5 Å². The van der Waals surface area contributed by atoms with Crippen LogP contribution in [0.3, 0.4) is 0 Å². The molecule has 2 aromatic heterocycles. The molecule has 37 heavy (non-hydrogen) atoms. The molecule has 7 heteroatoms. The van der Waals surface area contributed by atoms with E-state index in [1.807, 2.05) is 97.3 Å². The molecule has 0 aliphatic heterocycles. The van der Waals surface area contributed by atoms with Gasteiger partial charge in [0.1, 0.15) is 5.82 Å². The number of fused-ring (bicyclic) bond motifs is 1. The van der Waals surface area contributed by atoms with Crippen molar-refractivity contribution in [2.75, 3.05) is 0 Å². The highest BCUT2D eigenvalue weighted by Gasteiger charge is 2.21. The van der Waals surface area contributed by atoms with Gasteiger partial charge in [0.2, 0.25) is 0 Å². The predicted octanol–water partition coefficient (Wildman–Crippen LogP) is 7.40. The molecule has 0 bridgehead atoms. The van der Waals surface area contributed by atoms with Crippen molar-refractivity contribution < 1.29 is 0 Å². The second-order valence-electron chi connectivity index (χ2n) is 8.68. The Morgan fingerprint density at radius 1 is 0.757 bits per heavy atom. The summed E-state index contributed by atoms with van der Waals surface area (Å²) in [4.78, 5) is 24.3. The standard InChI is InChI=1S/C30H20Cl2N4O/c31-23-12-9-19(10-13-23)28(36-16-15-33-29(36)20-5-2-1-3-6-20)22-11-14-26-25(18-22)27(35-30(37)34-26)21-7-4-8-24(32)17-21/h1-18,28H,(H,34,35,37). The molecule has 0 aliphatic carbocycles. The van der Waals surface area contributed by atoms with E-state index in [9.17, 15) is 4.79 Å². The first kappa shape index (κ1) is 23.2. The van der Waals surface area contributed by atoms with Crippen LogP contribution in [0.1, 0.15) is 17.2 Å². The third-order valence-electron chi connectivity index (χ3n) is 6.33. The lowest BCUT2D eigenvalue weighted by molar-refractivity contribution is 0.685. The van der Waals surface area contributed by atoms with Gasteiger partial charge >= 0.3 is 5.69 Å². The summed E-state index contributed by atoms with van der Waals surface area (Å²) in [6.45, 7) is 0. The van der Waals surface area contributed by atoms with Gasteiger partial charge in [-0.15, -0.1) is 0 Å². The molecule has 2 heterocycles. The highest BCUT2D eigenvalue weighted by Crippen LogP contribution is 2.35. The number of imidazole rings is 1. The van der Waals surface area contributed by atoms with E-state index >= 15 is 0 Å². The molecule has 6 rings (SSSR count). The van der Waals surface area contributed by atoms with Crippen LogP contribution < -0.4 is 5.69 Å². The second-order valence-corrected chi connectivity index (χ2v) is 9.56. The molecule has 0 radical (unpaired) electrons. The van der Waals surface area contributed by atoms with Crippen molar-refractivity contribution in [1.29, 1.82) is 0 Å². The topological polar surface area (TPSA) is 63.6 Å². The number of rotatable bonds is 5. The maximum absolute atomic E-state index is 12.4. The van der Waals surface area contributed by atoms with Gasteiger partial charge < -0.3 is 9.55 Å². The van der Waals surface area contributed by atoms with Crippen molar-refractivity contribution >= 4 is 34.1 Å². The third kappa shape index (κ3) is 4.55. The van der Waals surface area contributed by atoms with Gasteiger partial charge in [-0.05, 0) is 47.5 Å². The number of benzene rings is 4. The summed E-state index contributed by atoms with van der Waals surface area (Å²) in [7, 11) is 0. The number of hydrogen-bond acceptors (Lipinski definition) is 3. The Bertz CT molecular complexity index is 1780. The quantitative estimate of drug-likeness (QED) is 0.256. The SMILES string of the molecule is O=c1nc(-c2cccc(Cl)c2)c2cc(C(c3ccc(Cl)cc3)n3ccnc3-c3ccccc3)ccc2[nH]1. The van der Waals surface area contributed by atoms with Crippen molar-refractivity contribution in [3.8, 4) is 22.6 Å². The van der Waals surface area contributed by atoms with Crippen molar-refractivity contribution in [3.63, 3.8) is 0 Å². The molecule has 0 amide bonds. The Kier molecular flexibility index (Phi) is 6.08. The summed E-state index contributed by atoms with van der Waals surface area (Å²) in [5.41, 5.74) is 4.69. The Balaban J connectivity index is 1.59. The van der Waals surface area contributed by atoms with Crippen LogP contribution in [0.4, 0.5) is 0 Å². The molecule has 4 aromatic carbocycles. The Morgan fingerprint density at radius 3 is 2.30 bits per heavy atom. The number of H-pyrrole nitrogens is 1.